The van der Waals surface area contributed by atoms with Gasteiger partial charge in [0.1, 0.15) is 0 Å². The van der Waals surface area contributed by atoms with Gasteiger partial charge in [0.15, 0.2) is 0 Å². The van der Waals surface area contributed by atoms with Crippen molar-refractivity contribution < 1.29 is 4.74 Å². The number of rotatable bonds is 3. The van der Waals surface area contributed by atoms with Gasteiger partial charge in [0.2, 0.25) is 0 Å². The topological polar surface area (TPSA) is 15.7 Å². The van der Waals surface area contributed by atoms with E-state index >= 15 is 0 Å². The number of piperidine rings is 1. The van der Waals surface area contributed by atoms with Crippen LogP contribution in [0.2, 0.25) is 0 Å². The Morgan fingerprint density at radius 1 is 1.16 bits per heavy atom. The van der Waals surface area contributed by atoms with Crippen LogP contribution in [0.3, 0.4) is 0 Å². The lowest BCUT2D eigenvalue weighted by Gasteiger charge is -2.45. The highest BCUT2D eigenvalue weighted by molar-refractivity contribution is 5.54. The Hall–Kier alpha value is -1.06. The maximum atomic E-state index is 5.33. The number of para-hydroxylation sites is 1. The standard InChI is InChI=1S/C16H24N2O/c1-19-13-14-6-2-3-8-16(14)18-11-10-17-9-5-4-7-15(17)12-18/h2-3,6,8,15H,4-5,7,9-13H2,1H3. The molecule has 2 heterocycles. The van der Waals surface area contributed by atoms with Gasteiger partial charge in [-0.3, -0.25) is 4.90 Å². The lowest BCUT2D eigenvalue weighted by Crippen LogP contribution is -2.55. The maximum absolute atomic E-state index is 5.33. The number of hydrogen-bond acceptors (Lipinski definition) is 3. The lowest BCUT2D eigenvalue weighted by molar-refractivity contribution is 0.133. The molecule has 2 fully saturated rings. The van der Waals surface area contributed by atoms with Crippen LogP contribution in [0.25, 0.3) is 0 Å². The highest BCUT2D eigenvalue weighted by atomic mass is 16.5. The van der Waals surface area contributed by atoms with Gasteiger partial charge in [0, 0.05) is 44.0 Å². The van der Waals surface area contributed by atoms with Gasteiger partial charge in [0.25, 0.3) is 0 Å². The Balaban J connectivity index is 1.75. The zero-order valence-corrected chi connectivity index (χ0v) is 11.8. The van der Waals surface area contributed by atoms with Gasteiger partial charge in [-0.1, -0.05) is 24.6 Å². The fourth-order valence-electron chi connectivity index (χ4n) is 3.47. The van der Waals surface area contributed by atoms with E-state index in [9.17, 15) is 0 Å². The molecule has 1 aromatic carbocycles. The van der Waals surface area contributed by atoms with E-state index in [1.807, 2.05) is 0 Å². The molecule has 0 saturated carbocycles. The third kappa shape index (κ3) is 2.77. The van der Waals surface area contributed by atoms with E-state index in [1.165, 1.54) is 50.1 Å². The number of fused-ring (bicyclic) bond motifs is 1. The lowest BCUT2D eigenvalue weighted by atomic mass is 9.98. The molecule has 3 heteroatoms. The number of methoxy groups -OCH3 is 1. The normalized spacial score (nSPS) is 24.3. The van der Waals surface area contributed by atoms with Gasteiger partial charge in [-0.05, 0) is 25.5 Å². The number of hydrogen-bond donors (Lipinski definition) is 0. The van der Waals surface area contributed by atoms with Crippen molar-refractivity contribution in [2.45, 2.75) is 31.9 Å². The molecule has 1 aromatic rings. The minimum absolute atomic E-state index is 0.709. The molecule has 0 spiro atoms. The van der Waals surface area contributed by atoms with Gasteiger partial charge in [0.05, 0.1) is 6.61 Å². The summed E-state index contributed by atoms with van der Waals surface area (Å²) in [6.45, 7) is 5.56. The second-order valence-electron chi connectivity index (χ2n) is 5.69. The van der Waals surface area contributed by atoms with Gasteiger partial charge in [-0.25, -0.2) is 0 Å². The molecule has 104 valence electrons. The van der Waals surface area contributed by atoms with Crippen LogP contribution in [-0.4, -0.2) is 44.2 Å². The fourth-order valence-corrected chi connectivity index (χ4v) is 3.47. The Morgan fingerprint density at radius 3 is 2.95 bits per heavy atom. The quantitative estimate of drug-likeness (QED) is 0.830. The van der Waals surface area contributed by atoms with Crippen molar-refractivity contribution in [1.29, 1.82) is 0 Å². The van der Waals surface area contributed by atoms with Gasteiger partial charge >= 0.3 is 0 Å². The van der Waals surface area contributed by atoms with Gasteiger partial charge < -0.3 is 9.64 Å². The van der Waals surface area contributed by atoms with E-state index in [0.29, 0.717) is 6.61 Å². The summed E-state index contributed by atoms with van der Waals surface area (Å²) in [5.74, 6) is 0. The Kier molecular flexibility index (Phi) is 4.04. The van der Waals surface area contributed by atoms with E-state index in [2.05, 4.69) is 34.1 Å². The summed E-state index contributed by atoms with van der Waals surface area (Å²) in [6.07, 6.45) is 4.15. The first-order chi connectivity index (χ1) is 9.38. The smallest absolute Gasteiger partial charge is 0.0733 e. The summed E-state index contributed by atoms with van der Waals surface area (Å²) in [5, 5.41) is 0. The minimum Gasteiger partial charge on any atom is -0.380 e. The van der Waals surface area contributed by atoms with E-state index in [4.69, 9.17) is 4.74 Å². The molecule has 0 radical (unpaired) electrons. The third-order valence-corrected chi connectivity index (χ3v) is 4.47. The Morgan fingerprint density at radius 2 is 2.05 bits per heavy atom. The van der Waals surface area contributed by atoms with E-state index in [0.717, 1.165) is 12.6 Å². The highest BCUT2D eigenvalue weighted by Gasteiger charge is 2.29. The molecule has 3 nitrogen and oxygen atoms in total. The van der Waals surface area contributed by atoms with Crippen LogP contribution >= 0.6 is 0 Å². The maximum Gasteiger partial charge on any atom is 0.0733 e. The van der Waals surface area contributed by atoms with Crippen molar-refractivity contribution in [3.63, 3.8) is 0 Å². The first-order valence-corrected chi connectivity index (χ1v) is 7.44. The van der Waals surface area contributed by atoms with Crippen molar-refractivity contribution in [2.75, 3.05) is 38.2 Å². The van der Waals surface area contributed by atoms with Gasteiger partial charge in [-0.15, -0.1) is 0 Å². The molecule has 2 aliphatic rings. The molecule has 1 atom stereocenters. The second kappa shape index (κ2) is 5.93. The van der Waals surface area contributed by atoms with Crippen LogP contribution in [0.5, 0.6) is 0 Å². The predicted octanol–water partition coefficient (Wildman–Crippen LogP) is 2.51. The second-order valence-corrected chi connectivity index (χ2v) is 5.69. The molecule has 19 heavy (non-hydrogen) atoms. The SMILES string of the molecule is COCc1ccccc1N1CCN2CCCCC2C1. The van der Waals surface area contributed by atoms with Crippen molar-refractivity contribution in [2.24, 2.45) is 0 Å². The van der Waals surface area contributed by atoms with Crippen LogP contribution in [0.15, 0.2) is 24.3 Å². The van der Waals surface area contributed by atoms with Crippen molar-refractivity contribution in [1.82, 2.24) is 4.90 Å². The van der Waals surface area contributed by atoms with Crippen molar-refractivity contribution >= 4 is 5.69 Å². The Labute approximate surface area is 116 Å². The van der Waals surface area contributed by atoms with E-state index < -0.39 is 0 Å². The summed E-state index contributed by atoms with van der Waals surface area (Å²) < 4.78 is 5.33. The average Bonchev–Trinajstić information content (AvgIpc) is 2.48. The summed E-state index contributed by atoms with van der Waals surface area (Å²) in [6, 6.07) is 9.44. The molecule has 0 amide bonds. The summed E-state index contributed by atoms with van der Waals surface area (Å²) >= 11 is 0. The molecule has 2 saturated heterocycles. The van der Waals surface area contributed by atoms with Crippen LogP contribution in [0.1, 0.15) is 24.8 Å². The highest BCUT2D eigenvalue weighted by Crippen LogP contribution is 2.27. The number of piperazine rings is 1. The molecule has 0 aromatic heterocycles. The summed E-state index contributed by atoms with van der Waals surface area (Å²) in [5.41, 5.74) is 2.68. The monoisotopic (exact) mass is 260 g/mol. The largest absolute Gasteiger partial charge is 0.380 e. The summed E-state index contributed by atoms with van der Waals surface area (Å²) in [7, 11) is 1.77. The molecule has 0 bridgehead atoms. The van der Waals surface area contributed by atoms with Crippen molar-refractivity contribution in [3.05, 3.63) is 29.8 Å². The molecule has 1 unspecified atom stereocenters. The van der Waals surface area contributed by atoms with E-state index in [1.54, 1.807) is 7.11 Å². The number of ether oxygens (including phenoxy) is 1. The van der Waals surface area contributed by atoms with Crippen LogP contribution in [0.4, 0.5) is 5.69 Å². The predicted molar refractivity (Wildman–Crippen MR) is 78.6 cm³/mol. The summed E-state index contributed by atoms with van der Waals surface area (Å²) in [4.78, 5) is 5.24. The number of anilines is 1. The Bertz CT molecular complexity index is 421. The van der Waals surface area contributed by atoms with Crippen LogP contribution < -0.4 is 4.90 Å². The molecule has 0 N–H and O–H groups in total. The third-order valence-electron chi connectivity index (χ3n) is 4.47. The molecule has 2 aliphatic heterocycles. The number of benzene rings is 1. The minimum atomic E-state index is 0.709. The van der Waals surface area contributed by atoms with Crippen LogP contribution in [0, 0.1) is 0 Å². The molecule has 3 rings (SSSR count). The van der Waals surface area contributed by atoms with Crippen molar-refractivity contribution in [3.8, 4) is 0 Å². The first kappa shape index (κ1) is 12.9. The molecular formula is C16H24N2O. The zero-order valence-electron chi connectivity index (χ0n) is 11.8. The zero-order chi connectivity index (χ0) is 13.1. The average molecular weight is 260 g/mol. The van der Waals surface area contributed by atoms with E-state index in [-0.39, 0.29) is 0 Å². The van der Waals surface area contributed by atoms with Gasteiger partial charge in [-0.2, -0.15) is 0 Å². The van der Waals surface area contributed by atoms with Crippen LogP contribution in [-0.2, 0) is 11.3 Å². The molecule has 0 aliphatic carbocycles. The molecular weight excluding hydrogens is 236 g/mol. The fraction of sp³-hybridized carbons (Fsp3) is 0.625. The number of nitrogens with zero attached hydrogens (tertiary/aromatic N) is 2. The first-order valence-electron chi connectivity index (χ1n) is 7.44.